The first kappa shape index (κ1) is 25.4. The number of halogens is 3. The fourth-order valence-corrected chi connectivity index (χ4v) is 4.75. The summed E-state index contributed by atoms with van der Waals surface area (Å²) in [6.45, 7) is 0.385. The summed E-state index contributed by atoms with van der Waals surface area (Å²) in [7, 11) is 0.0639. The molecule has 0 saturated heterocycles. The minimum absolute atomic E-state index is 0.0436. The maximum atomic E-state index is 12.3. The third kappa shape index (κ3) is 7.97. The van der Waals surface area contributed by atoms with Crippen molar-refractivity contribution < 1.29 is 31.1 Å². The van der Waals surface area contributed by atoms with E-state index in [1.807, 2.05) is 14.1 Å². The van der Waals surface area contributed by atoms with E-state index in [1.165, 1.54) is 12.8 Å². The van der Waals surface area contributed by atoms with Crippen molar-refractivity contribution in [2.75, 3.05) is 27.2 Å². The number of hydrogen-bond donors (Lipinski definition) is 2. The number of alkyl halides is 3. The fraction of sp³-hybridized carbons (Fsp3) is 0.650. The van der Waals surface area contributed by atoms with E-state index < -0.39 is 22.1 Å². The van der Waals surface area contributed by atoms with E-state index in [0.29, 0.717) is 6.54 Å². The van der Waals surface area contributed by atoms with Crippen LogP contribution in [0.1, 0.15) is 44.9 Å². The maximum absolute atomic E-state index is 12.3. The third-order valence-corrected chi connectivity index (χ3v) is 7.09. The van der Waals surface area contributed by atoms with Crippen molar-refractivity contribution >= 4 is 15.9 Å². The Morgan fingerprint density at radius 1 is 1.10 bits per heavy atom. The first-order valence-corrected chi connectivity index (χ1v) is 11.7. The molecule has 0 aromatic heterocycles. The lowest BCUT2D eigenvalue weighted by Gasteiger charge is -2.39. The normalized spacial score (nSPS) is 17.2. The van der Waals surface area contributed by atoms with Crippen molar-refractivity contribution in [3.05, 3.63) is 24.3 Å². The summed E-state index contributed by atoms with van der Waals surface area (Å²) in [5.41, 5.74) is -0.0914. The van der Waals surface area contributed by atoms with Gasteiger partial charge in [0, 0.05) is 25.0 Å². The fourth-order valence-electron chi connectivity index (χ4n) is 3.72. The van der Waals surface area contributed by atoms with Crippen LogP contribution in [0, 0.1) is 0 Å². The van der Waals surface area contributed by atoms with Gasteiger partial charge in [0.1, 0.15) is 5.75 Å². The van der Waals surface area contributed by atoms with Crippen LogP contribution in [0.4, 0.5) is 13.2 Å². The standard InChI is InChI=1S/C20H30F3N3O4S/c1-26(2)19(12-5-3-4-6-13-19)15-24-18(27)11-14-25-31(28,29)17-9-7-16(8-10-17)30-20(21,22)23/h7-10,25H,3-6,11-15H2,1-2H3,(H,24,27). The van der Waals surface area contributed by atoms with Crippen LogP contribution in [-0.4, -0.2) is 58.3 Å². The summed E-state index contributed by atoms with van der Waals surface area (Å²) in [5.74, 6) is -0.777. The highest BCUT2D eigenvalue weighted by molar-refractivity contribution is 7.89. The van der Waals surface area contributed by atoms with E-state index in [4.69, 9.17) is 0 Å². The van der Waals surface area contributed by atoms with E-state index in [-0.39, 0.29) is 29.3 Å². The second-order valence-corrected chi connectivity index (χ2v) is 9.74. The van der Waals surface area contributed by atoms with Gasteiger partial charge in [-0.3, -0.25) is 4.79 Å². The number of rotatable bonds is 9. The van der Waals surface area contributed by atoms with Crippen LogP contribution in [0.2, 0.25) is 0 Å². The number of ether oxygens (including phenoxy) is 1. The Morgan fingerprint density at radius 3 is 2.19 bits per heavy atom. The summed E-state index contributed by atoms with van der Waals surface area (Å²) >= 11 is 0. The number of benzene rings is 1. The van der Waals surface area contributed by atoms with Crippen LogP contribution in [-0.2, 0) is 14.8 Å². The Hall–Kier alpha value is -1.85. The Bertz CT molecular complexity index is 819. The summed E-state index contributed by atoms with van der Waals surface area (Å²) in [4.78, 5) is 14.2. The van der Waals surface area contributed by atoms with Gasteiger partial charge >= 0.3 is 6.36 Å². The zero-order valence-electron chi connectivity index (χ0n) is 17.8. The summed E-state index contributed by atoms with van der Waals surface area (Å²) in [5, 5.41) is 2.92. The number of carbonyl (C=O) groups is 1. The number of sulfonamides is 1. The summed E-state index contributed by atoms with van der Waals surface area (Å²) in [6, 6.07) is 3.86. The monoisotopic (exact) mass is 465 g/mol. The molecule has 1 amide bonds. The smallest absolute Gasteiger partial charge is 0.406 e. The molecule has 0 heterocycles. The molecule has 0 radical (unpaired) electrons. The molecule has 0 spiro atoms. The molecule has 1 aromatic rings. The highest BCUT2D eigenvalue weighted by Crippen LogP contribution is 2.30. The number of nitrogens with one attached hydrogen (secondary N) is 2. The first-order valence-electron chi connectivity index (χ1n) is 10.2. The molecular formula is C20H30F3N3O4S. The van der Waals surface area contributed by atoms with Crippen molar-refractivity contribution in [1.82, 2.24) is 14.9 Å². The van der Waals surface area contributed by atoms with Crippen LogP contribution >= 0.6 is 0 Å². The van der Waals surface area contributed by atoms with Crippen LogP contribution in [0.25, 0.3) is 0 Å². The highest BCUT2D eigenvalue weighted by Gasteiger charge is 2.33. The maximum Gasteiger partial charge on any atom is 0.573 e. The van der Waals surface area contributed by atoms with Crippen molar-refractivity contribution in [1.29, 1.82) is 0 Å². The van der Waals surface area contributed by atoms with Gasteiger partial charge in [0.05, 0.1) is 4.90 Å². The molecule has 176 valence electrons. The van der Waals surface area contributed by atoms with E-state index in [1.54, 1.807) is 0 Å². The van der Waals surface area contributed by atoms with Gasteiger partial charge in [-0.1, -0.05) is 25.7 Å². The molecule has 11 heteroatoms. The Labute approximate surface area is 181 Å². The summed E-state index contributed by atoms with van der Waals surface area (Å²) in [6.07, 6.45) is 1.71. The van der Waals surface area contributed by atoms with Gasteiger partial charge < -0.3 is 15.0 Å². The van der Waals surface area contributed by atoms with Crippen LogP contribution in [0.3, 0.4) is 0 Å². The highest BCUT2D eigenvalue weighted by atomic mass is 32.2. The van der Waals surface area contributed by atoms with Gasteiger partial charge in [0.25, 0.3) is 0 Å². The molecule has 1 fully saturated rings. The molecule has 1 aromatic carbocycles. The number of hydrogen-bond acceptors (Lipinski definition) is 5. The number of amides is 1. The van der Waals surface area contributed by atoms with Gasteiger partial charge in [-0.2, -0.15) is 0 Å². The van der Waals surface area contributed by atoms with Crippen molar-refractivity contribution in [2.24, 2.45) is 0 Å². The Kier molecular flexibility index (Phi) is 8.73. The Morgan fingerprint density at radius 2 is 1.68 bits per heavy atom. The molecule has 1 saturated carbocycles. The van der Waals surface area contributed by atoms with E-state index in [0.717, 1.165) is 49.9 Å². The lowest BCUT2D eigenvalue weighted by molar-refractivity contribution is -0.274. The molecule has 31 heavy (non-hydrogen) atoms. The van der Waals surface area contributed by atoms with Crippen LogP contribution < -0.4 is 14.8 Å². The molecule has 0 bridgehead atoms. The average molecular weight is 466 g/mol. The Balaban J connectivity index is 1.84. The average Bonchev–Trinajstić information content (AvgIpc) is 2.92. The van der Waals surface area contributed by atoms with Crippen molar-refractivity contribution in [3.63, 3.8) is 0 Å². The molecule has 1 aliphatic carbocycles. The van der Waals surface area contributed by atoms with Crippen LogP contribution in [0.5, 0.6) is 5.75 Å². The number of nitrogens with zero attached hydrogens (tertiary/aromatic N) is 1. The molecule has 0 unspecified atom stereocenters. The quantitative estimate of drug-likeness (QED) is 0.548. The number of carbonyl (C=O) groups excluding carboxylic acids is 1. The van der Waals surface area contributed by atoms with E-state index >= 15 is 0 Å². The van der Waals surface area contributed by atoms with Gasteiger partial charge in [0.2, 0.25) is 15.9 Å². The van der Waals surface area contributed by atoms with Crippen molar-refractivity contribution in [3.8, 4) is 5.75 Å². The second kappa shape index (κ2) is 10.6. The predicted octanol–water partition coefficient (Wildman–Crippen LogP) is 3.02. The van der Waals surface area contributed by atoms with Crippen molar-refractivity contribution in [2.45, 2.75) is 61.7 Å². The van der Waals surface area contributed by atoms with Gasteiger partial charge in [-0.05, 0) is 51.2 Å². The molecule has 0 aliphatic heterocycles. The molecule has 2 rings (SSSR count). The molecule has 0 atom stereocenters. The zero-order chi connectivity index (χ0) is 23.1. The topological polar surface area (TPSA) is 87.7 Å². The van der Waals surface area contributed by atoms with E-state index in [2.05, 4.69) is 19.7 Å². The zero-order valence-corrected chi connectivity index (χ0v) is 18.6. The predicted molar refractivity (Wildman–Crippen MR) is 110 cm³/mol. The SMILES string of the molecule is CN(C)C1(CNC(=O)CCNS(=O)(=O)c2ccc(OC(F)(F)F)cc2)CCCCCC1. The molecule has 7 nitrogen and oxygen atoms in total. The lowest BCUT2D eigenvalue weighted by Crippen LogP contribution is -2.52. The van der Waals surface area contributed by atoms with Gasteiger partial charge in [0.15, 0.2) is 0 Å². The molecule has 1 aliphatic rings. The van der Waals surface area contributed by atoms with E-state index in [9.17, 15) is 26.4 Å². The lowest BCUT2D eigenvalue weighted by atomic mass is 9.88. The summed E-state index contributed by atoms with van der Waals surface area (Å²) < 4.78 is 67.2. The van der Waals surface area contributed by atoms with Gasteiger partial charge in [-0.25, -0.2) is 13.1 Å². The first-order chi connectivity index (χ1) is 14.4. The minimum Gasteiger partial charge on any atom is -0.406 e. The van der Waals surface area contributed by atoms with Crippen LogP contribution in [0.15, 0.2) is 29.2 Å². The second-order valence-electron chi connectivity index (χ2n) is 7.98. The molecular weight excluding hydrogens is 435 g/mol. The largest absolute Gasteiger partial charge is 0.573 e. The minimum atomic E-state index is -4.85. The third-order valence-electron chi connectivity index (χ3n) is 5.61. The number of likely N-dealkylation sites (N-methyl/N-ethyl adjacent to an activating group) is 1. The molecule has 2 N–H and O–H groups in total. The van der Waals surface area contributed by atoms with Gasteiger partial charge in [-0.15, -0.1) is 13.2 Å².